The Morgan fingerprint density at radius 1 is 1.38 bits per heavy atom. The van der Waals surface area contributed by atoms with Crippen molar-refractivity contribution in [3.63, 3.8) is 0 Å². The minimum absolute atomic E-state index is 0.133. The van der Waals surface area contributed by atoms with Crippen LogP contribution in [-0.2, 0) is 9.53 Å². The Hall–Kier alpha value is -1.69. The molecule has 2 saturated heterocycles. The Kier molecular flexibility index (Phi) is 2.89. The van der Waals surface area contributed by atoms with Gasteiger partial charge in [-0.3, -0.25) is 4.79 Å². The van der Waals surface area contributed by atoms with Crippen molar-refractivity contribution in [2.45, 2.75) is 19.3 Å². The van der Waals surface area contributed by atoms with E-state index >= 15 is 0 Å². The molecule has 1 aromatic heterocycles. The predicted molar refractivity (Wildman–Crippen MR) is 75.3 cm³/mol. The van der Waals surface area contributed by atoms with Gasteiger partial charge in [0.1, 0.15) is 11.6 Å². The van der Waals surface area contributed by atoms with Crippen LogP contribution in [0.5, 0.6) is 0 Å². The second-order valence-corrected chi connectivity index (χ2v) is 6.36. The van der Waals surface area contributed by atoms with E-state index in [9.17, 15) is 4.79 Å². The van der Waals surface area contributed by atoms with Gasteiger partial charge < -0.3 is 14.7 Å². The number of anilines is 1. The first-order chi connectivity index (χ1) is 10.1. The van der Waals surface area contributed by atoms with E-state index < -0.39 is 5.97 Å². The summed E-state index contributed by atoms with van der Waals surface area (Å²) in [5.41, 5.74) is 1.06. The SMILES string of the molecule is Cc1nc([C@H]2CCOC2)cc(N2C[C@@H]3C(C(=O)O)[C@@H]3C2)n1. The summed E-state index contributed by atoms with van der Waals surface area (Å²) in [6.45, 7) is 5.07. The number of hydrogen-bond donors (Lipinski definition) is 1. The van der Waals surface area contributed by atoms with Crippen LogP contribution in [0.1, 0.15) is 23.9 Å². The zero-order valence-corrected chi connectivity index (χ0v) is 12.0. The van der Waals surface area contributed by atoms with E-state index in [0.717, 1.165) is 50.1 Å². The number of aryl methyl sites for hydroxylation is 1. The molecule has 3 aliphatic rings. The number of aromatic nitrogens is 2. The molecule has 6 heteroatoms. The van der Waals surface area contributed by atoms with E-state index in [4.69, 9.17) is 9.84 Å². The Labute approximate surface area is 123 Å². The van der Waals surface area contributed by atoms with Gasteiger partial charge in [-0.25, -0.2) is 9.97 Å². The number of carboxylic acids is 1. The minimum atomic E-state index is -0.646. The zero-order chi connectivity index (χ0) is 14.6. The van der Waals surface area contributed by atoms with Crippen LogP contribution < -0.4 is 4.90 Å². The van der Waals surface area contributed by atoms with E-state index in [1.54, 1.807) is 0 Å². The molecule has 3 heterocycles. The van der Waals surface area contributed by atoms with E-state index in [1.165, 1.54) is 0 Å². The molecule has 3 fully saturated rings. The van der Waals surface area contributed by atoms with Crippen molar-refractivity contribution in [2.75, 3.05) is 31.2 Å². The largest absolute Gasteiger partial charge is 0.481 e. The molecule has 1 saturated carbocycles. The lowest BCUT2D eigenvalue weighted by Gasteiger charge is -2.21. The van der Waals surface area contributed by atoms with Gasteiger partial charge in [-0.2, -0.15) is 0 Å². The summed E-state index contributed by atoms with van der Waals surface area (Å²) in [5, 5.41) is 9.09. The number of hydrogen-bond acceptors (Lipinski definition) is 5. The Bertz CT molecular complexity index is 574. The maximum absolute atomic E-state index is 11.0. The van der Waals surface area contributed by atoms with Crippen molar-refractivity contribution in [2.24, 2.45) is 17.8 Å². The van der Waals surface area contributed by atoms with Crippen LogP contribution in [0.2, 0.25) is 0 Å². The van der Waals surface area contributed by atoms with E-state index in [1.807, 2.05) is 6.92 Å². The van der Waals surface area contributed by atoms with E-state index in [-0.39, 0.29) is 5.92 Å². The summed E-state index contributed by atoms with van der Waals surface area (Å²) < 4.78 is 5.44. The second-order valence-electron chi connectivity index (χ2n) is 6.36. The number of rotatable bonds is 3. The lowest BCUT2D eigenvalue weighted by atomic mass is 10.0. The Balaban J connectivity index is 1.52. The molecule has 0 aromatic carbocycles. The van der Waals surface area contributed by atoms with Crippen LogP contribution in [0.3, 0.4) is 0 Å². The van der Waals surface area contributed by atoms with Gasteiger partial charge in [-0.15, -0.1) is 0 Å². The first-order valence-electron chi connectivity index (χ1n) is 7.54. The molecule has 6 nitrogen and oxygen atoms in total. The van der Waals surface area contributed by atoms with Crippen LogP contribution in [0.15, 0.2) is 6.07 Å². The number of aliphatic carboxylic acids is 1. The average Bonchev–Trinajstić information content (AvgIpc) is 2.89. The van der Waals surface area contributed by atoms with Crippen LogP contribution in [0.25, 0.3) is 0 Å². The minimum Gasteiger partial charge on any atom is -0.481 e. The Morgan fingerprint density at radius 3 is 2.76 bits per heavy atom. The second kappa shape index (κ2) is 4.66. The quantitative estimate of drug-likeness (QED) is 0.896. The first kappa shape index (κ1) is 13.0. The zero-order valence-electron chi connectivity index (χ0n) is 12.0. The van der Waals surface area contributed by atoms with Gasteiger partial charge in [-0.05, 0) is 25.2 Å². The summed E-state index contributed by atoms with van der Waals surface area (Å²) >= 11 is 0. The molecule has 0 amide bonds. The third kappa shape index (κ3) is 2.18. The molecule has 0 spiro atoms. The van der Waals surface area contributed by atoms with Crippen molar-refractivity contribution in [3.05, 3.63) is 17.6 Å². The number of fused-ring (bicyclic) bond motifs is 1. The number of ether oxygens (including phenoxy) is 1. The van der Waals surface area contributed by atoms with Gasteiger partial charge in [-0.1, -0.05) is 0 Å². The molecule has 0 radical (unpaired) electrons. The predicted octanol–water partition coefficient (Wildman–Crippen LogP) is 1.06. The van der Waals surface area contributed by atoms with E-state index in [2.05, 4.69) is 20.9 Å². The maximum Gasteiger partial charge on any atom is 0.307 e. The molecule has 4 atom stereocenters. The molecule has 21 heavy (non-hydrogen) atoms. The van der Waals surface area contributed by atoms with Crippen molar-refractivity contribution in [1.82, 2.24) is 9.97 Å². The van der Waals surface area contributed by atoms with Gasteiger partial charge in [0.25, 0.3) is 0 Å². The fraction of sp³-hybridized carbons (Fsp3) is 0.667. The molecule has 1 aromatic rings. The summed E-state index contributed by atoms with van der Waals surface area (Å²) in [5.74, 6) is 1.92. The number of nitrogens with zero attached hydrogens (tertiary/aromatic N) is 3. The third-order valence-corrected chi connectivity index (χ3v) is 5.00. The third-order valence-electron chi connectivity index (χ3n) is 5.00. The molecule has 1 aliphatic carbocycles. The van der Waals surface area contributed by atoms with Crippen LogP contribution in [0, 0.1) is 24.7 Å². The molecular formula is C15H19N3O3. The monoisotopic (exact) mass is 289 g/mol. The van der Waals surface area contributed by atoms with E-state index in [0.29, 0.717) is 17.8 Å². The smallest absolute Gasteiger partial charge is 0.307 e. The Morgan fingerprint density at radius 2 is 2.14 bits per heavy atom. The molecule has 1 N–H and O–H groups in total. The van der Waals surface area contributed by atoms with Gasteiger partial charge >= 0.3 is 5.97 Å². The lowest BCUT2D eigenvalue weighted by Crippen LogP contribution is -2.27. The van der Waals surface area contributed by atoms with Gasteiger partial charge in [0.05, 0.1) is 18.2 Å². The molecule has 1 unspecified atom stereocenters. The average molecular weight is 289 g/mol. The topological polar surface area (TPSA) is 75.5 Å². The number of carboxylic acid groups (broad SMARTS) is 1. The maximum atomic E-state index is 11.0. The summed E-state index contributed by atoms with van der Waals surface area (Å²) in [4.78, 5) is 22.3. The highest BCUT2D eigenvalue weighted by Gasteiger charge is 2.60. The molecular weight excluding hydrogens is 270 g/mol. The van der Waals surface area contributed by atoms with Gasteiger partial charge in [0.15, 0.2) is 0 Å². The van der Waals surface area contributed by atoms with Gasteiger partial charge in [0.2, 0.25) is 0 Å². The van der Waals surface area contributed by atoms with Crippen molar-refractivity contribution in [3.8, 4) is 0 Å². The molecule has 0 bridgehead atoms. The fourth-order valence-corrected chi connectivity index (χ4v) is 3.79. The normalized spacial score (nSPS) is 34.0. The van der Waals surface area contributed by atoms with Crippen LogP contribution in [0.4, 0.5) is 5.82 Å². The van der Waals surface area contributed by atoms with Crippen LogP contribution >= 0.6 is 0 Å². The lowest BCUT2D eigenvalue weighted by molar-refractivity contribution is -0.139. The summed E-state index contributed by atoms with van der Waals surface area (Å²) in [6.07, 6.45) is 1.02. The highest BCUT2D eigenvalue weighted by molar-refractivity contribution is 5.75. The number of piperidine rings is 1. The summed E-state index contributed by atoms with van der Waals surface area (Å²) in [7, 11) is 0. The molecule has 4 rings (SSSR count). The van der Waals surface area contributed by atoms with Crippen molar-refractivity contribution >= 4 is 11.8 Å². The van der Waals surface area contributed by atoms with Crippen molar-refractivity contribution < 1.29 is 14.6 Å². The van der Waals surface area contributed by atoms with Gasteiger partial charge in [0, 0.05) is 31.7 Å². The van der Waals surface area contributed by atoms with Crippen molar-refractivity contribution in [1.29, 1.82) is 0 Å². The molecule has 2 aliphatic heterocycles. The van der Waals surface area contributed by atoms with Crippen LogP contribution in [-0.4, -0.2) is 47.3 Å². The number of carbonyl (C=O) groups is 1. The highest BCUT2D eigenvalue weighted by atomic mass is 16.5. The standard InChI is InChI=1S/C15H19N3O3/c1-8-16-12(9-2-3-21-7-9)4-13(17-8)18-5-10-11(6-18)14(10)15(19)20/h4,9-11,14H,2-3,5-7H2,1H3,(H,19,20)/t9-,10-,11+,14?/m0/s1. The molecule has 112 valence electrons. The fourth-order valence-electron chi connectivity index (χ4n) is 3.79. The first-order valence-corrected chi connectivity index (χ1v) is 7.54. The summed E-state index contributed by atoms with van der Waals surface area (Å²) in [6, 6.07) is 2.06. The highest BCUT2D eigenvalue weighted by Crippen LogP contribution is 2.52.